The van der Waals surface area contributed by atoms with Gasteiger partial charge in [0.2, 0.25) is 5.78 Å². The maximum absolute atomic E-state index is 13.7. The highest BCUT2D eigenvalue weighted by molar-refractivity contribution is 6.01. The van der Waals surface area contributed by atoms with Gasteiger partial charge >= 0.3 is 0 Å². The molecule has 200 valence electrons. The van der Waals surface area contributed by atoms with E-state index in [-0.39, 0.29) is 33.4 Å². The van der Waals surface area contributed by atoms with Crippen molar-refractivity contribution in [2.24, 2.45) is 39.4 Å². The van der Waals surface area contributed by atoms with Gasteiger partial charge in [0, 0.05) is 33.7 Å². The topological polar surface area (TPSA) is 61.8 Å². The van der Waals surface area contributed by atoms with Crippen LogP contribution in [0.4, 0.5) is 0 Å². The lowest BCUT2D eigenvalue weighted by atomic mass is 9.33. The highest BCUT2D eigenvalue weighted by atomic mass is 16.7. The summed E-state index contributed by atoms with van der Waals surface area (Å²) < 4.78 is 17.6. The smallest absolute Gasteiger partial charge is 0.266 e. The second-order valence-corrected chi connectivity index (χ2v) is 13.8. The molecule has 5 aliphatic rings. The summed E-state index contributed by atoms with van der Waals surface area (Å²) in [6.07, 6.45) is 11.2. The van der Waals surface area contributed by atoms with Gasteiger partial charge in [-0.05, 0) is 96.2 Å². The van der Waals surface area contributed by atoms with Crippen LogP contribution in [0, 0.1) is 39.4 Å². The van der Waals surface area contributed by atoms with Crippen LogP contribution in [-0.4, -0.2) is 44.3 Å². The van der Waals surface area contributed by atoms with E-state index in [0.717, 1.165) is 56.1 Å². The van der Waals surface area contributed by atoms with E-state index in [4.69, 9.17) is 14.2 Å². The predicted molar refractivity (Wildman–Crippen MR) is 139 cm³/mol. The minimum absolute atomic E-state index is 0.104. The largest absolute Gasteiger partial charge is 0.368 e. The molecule has 0 saturated heterocycles. The van der Waals surface area contributed by atoms with Crippen LogP contribution in [0.3, 0.4) is 0 Å². The number of ketones is 2. The van der Waals surface area contributed by atoms with E-state index in [2.05, 4.69) is 40.7 Å². The summed E-state index contributed by atoms with van der Waals surface area (Å²) in [5.74, 6) is -0.0951. The number of hydrogen-bond acceptors (Lipinski definition) is 5. The van der Waals surface area contributed by atoms with Gasteiger partial charge in [0.25, 0.3) is 5.79 Å². The van der Waals surface area contributed by atoms with Crippen LogP contribution in [0.2, 0.25) is 0 Å². The number of allylic oxidation sites excluding steroid dienone is 1. The Hall–Kier alpha value is -1.30. The minimum atomic E-state index is -1.50. The molecule has 0 spiro atoms. The molecule has 3 fully saturated rings. The van der Waals surface area contributed by atoms with Crippen molar-refractivity contribution in [2.75, 3.05) is 21.3 Å². The second-order valence-electron chi connectivity index (χ2n) is 13.8. The maximum Gasteiger partial charge on any atom is 0.266 e. The van der Waals surface area contributed by atoms with E-state index in [1.54, 1.807) is 7.11 Å². The number of ether oxygens (including phenoxy) is 3. The van der Waals surface area contributed by atoms with E-state index in [1.165, 1.54) is 14.2 Å². The van der Waals surface area contributed by atoms with Crippen LogP contribution in [0.25, 0.3) is 0 Å². The summed E-state index contributed by atoms with van der Waals surface area (Å²) in [7, 11) is 4.69. The van der Waals surface area contributed by atoms with Gasteiger partial charge in [-0.15, -0.1) is 0 Å². The van der Waals surface area contributed by atoms with E-state index >= 15 is 0 Å². The first-order chi connectivity index (χ1) is 16.7. The van der Waals surface area contributed by atoms with Gasteiger partial charge in [0.1, 0.15) is 5.78 Å². The summed E-state index contributed by atoms with van der Waals surface area (Å²) in [4.78, 5) is 26.5. The third-order valence-corrected chi connectivity index (χ3v) is 12.7. The number of methoxy groups -OCH3 is 3. The fourth-order valence-corrected chi connectivity index (χ4v) is 10.2. The van der Waals surface area contributed by atoms with Gasteiger partial charge in [0.05, 0.1) is 0 Å². The van der Waals surface area contributed by atoms with Crippen LogP contribution in [0.5, 0.6) is 0 Å². The zero-order chi connectivity index (χ0) is 26.5. The summed E-state index contributed by atoms with van der Waals surface area (Å²) in [6.45, 7) is 13.9. The number of Topliss-reactive ketones (excluding diaryl/α,β-unsaturated/α-hetero) is 1. The Balaban J connectivity index is 1.62. The molecule has 0 amide bonds. The molecule has 0 aromatic carbocycles. The average Bonchev–Trinajstić information content (AvgIpc) is 2.83. The van der Waals surface area contributed by atoms with Crippen LogP contribution in [-0.2, 0) is 23.8 Å². The number of carbonyl (C=O) groups is 2. The molecule has 0 bridgehead atoms. The second kappa shape index (κ2) is 7.86. The standard InChI is InChI=1S/C31H46O5/c1-19-16-24-26(2,18-22(19)32)12-14-28(4)23-11-10-20-21(27(23,3)13-15-29(24,28)5)17-25(33)31(35-8,36-9)30(20,6)34-7/h10,17,19,23-24H,11-16,18H2,1-9H3/t19-,23+,24-,26+,27+,28-,29+,30-/m1/s1. The first-order valence-electron chi connectivity index (χ1n) is 13.9. The third-order valence-electron chi connectivity index (χ3n) is 12.7. The number of hydrogen-bond donors (Lipinski definition) is 0. The van der Waals surface area contributed by atoms with Gasteiger partial charge < -0.3 is 14.2 Å². The first-order valence-corrected chi connectivity index (χ1v) is 13.9. The number of fused-ring (bicyclic) bond motifs is 7. The summed E-state index contributed by atoms with van der Waals surface area (Å²) >= 11 is 0. The number of rotatable bonds is 3. The van der Waals surface area contributed by atoms with Crippen LogP contribution >= 0.6 is 0 Å². The molecule has 0 aromatic heterocycles. The lowest BCUT2D eigenvalue weighted by Gasteiger charge is -2.71. The molecular weight excluding hydrogens is 452 g/mol. The van der Waals surface area contributed by atoms with Gasteiger partial charge in [-0.2, -0.15) is 0 Å². The molecule has 8 atom stereocenters. The first kappa shape index (κ1) is 26.3. The average molecular weight is 499 g/mol. The molecule has 36 heavy (non-hydrogen) atoms. The van der Waals surface area contributed by atoms with Gasteiger partial charge in [0.15, 0.2) is 5.60 Å². The van der Waals surface area contributed by atoms with Crippen LogP contribution in [0.15, 0.2) is 23.3 Å². The van der Waals surface area contributed by atoms with Crippen LogP contribution in [0.1, 0.15) is 86.5 Å². The normalized spacial score (nSPS) is 49.8. The van der Waals surface area contributed by atoms with Gasteiger partial charge in [-0.3, -0.25) is 9.59 Å². The van der Waals surface area contributed by atoms with Crippen molar-refractivity contribution in [3.8, 4) is 0 Å². The summed E-state index contributed by atoms with van der Waals surface area (Å²) in [5, 5.41) is 0. The van der Waals surface area contributed by atoms with Crippen molar-refractivity contribution in [1.29, 1.82) is 0 Å². The molecule has 0 radical (unpaired) electrons. The Morgan fingerprint density at radius 1 is 0.806 bits per heavy atom. The zero-order valence-electron chi connectivity index (χ0n) is 23.9. The lowest BCUT2D eigenvalue weighted by Crippen LogP contribution is -2.68. The fraction of sp³-hybridized carbons (Fsp3) is 0.806. The third kappa shape index (κ3) is 2.83. The van der Waals surface area contributed by atoms with E-state index in [0.29, 0.717) is 17.6 Å². The Kier molecular flexibility index (Phi) is 5.75. The summed E-state index contributed by atoms with van der Waals surface area (Å²) in [6, 6.07) is 0. The predicted octanol–water partition coefficient (Wildman–Crippen LogP) is 6.06. The molecular formula is C31H46O5. The lowest BCUT2D eigenvalue weighted by molar-refractivity contribution is -0.273. The SMILES string of the molecule is COC1(OC)C(=O)C=C2C(=CC[C@H]3[C@@]2(C)CC[C@@]2(C)[C@@H]4C[C@@H](C)C(=O)C[C@]4(C)CC[C@]32C)[C@@]1(C)OC. The van der Waals surface area contributed by atoms with E-state index in [1.807, 2.05) is 13.0 Å². The van der Waals surface area contributed by atoms with Crippen molar-refractivity contribution in [1.82, 2.24) is 0 Å². The highest BCUT2D eigenvalue weighted by Gasteiger charge is 2.70. The van der Waals surface area contributed by atoms with Crippen LogP contribution < -0.4 is 0 Å². The molecule has 0 heterocycles. The molecule has 5 aliphatic carbocycles. The summed E-state index contributed by atoms with van der Waals surface area (Å²) in [5.41, 5.74) is 1.38. The monoisotopic (exact) mass is 498 g/mol. The van der Waals surface area contributed by atoms with E-state index < -0.39 is 11.4 Å². The van der Waals surface area contributed by atoms with Gasteiger partial charge in [-0.1, -0.05) is 40.7 Å². The maximum atomic E-state index is 13.7. The Morgan fingerprint density at radius 2 is 1.42 bits per heavy atom. The van der Waals surface area contributed by atoms with E-state index in [9.17, 15) is 9.59 Å². The molecule has 5 rings (SSSR count). The van der Waals surface area contributed by atoms with Crippen molar-refractivity contribution in [3.05, 3.63) is 23.3 Å². The van der Waals surface area contributed by atoms with Crippen molar-refractivity contribution < 1.29 is 23.8 Å². The highest BCUT2D eigenvalue weighted by Crippen LogP contribution is 2.75. The Bertz CT molecular complexity index is 1050. The molecule has 0 aliphatic heterocycles. The van der Waals surface area contributed by atoms with Crippen molar-refractivity contribution >= 4 is 11.6 Å². The molecule has 3 saturated carbocycles. The zero-order valence-corrected chi connectivity index (χ0v) is 23.9. The Morgan fingerprint density at radius 3 is 2.03 bits per heavy atom. The molecule has 0 unspecified atom stereocenters. The van der Waals surface area contributed by atoms with Crippen molar-refractivity contribution in [3.63, 3.8) is 0 Å². The quantitative estimate of drug-likeness (QED) is 0.442. The van der Waals surface area contributed by atoms with Gasteiger partial charge in [-0.25, -0.2) is 0 Å². The number of carbonyl (C=O) groups excluding carboxylic acids is 2. The molecule has 0 aromatic rings. The fourth-order valence-electron chi connectivity index (χ4n) is 10.2. The minimum Gasteiger partial charge on any atom is -0.368 e. The molecule has 5 heteroatoms. The molecule has 0 N–H and O–H groups in total. The molecule has 5 nitrogen and oxygen atoms in total. The van der Waals surface area contributed by atoms with Crippen molar-refractivity contribution in [2.45, 2.75) is 97.9 Å². The Labute approximate surface area is 217 Å².